The maximum atomic E-state index is 13.0. The van der Waals surface area contributed by atoms with Gasteiger partial charge in [-0.1, -0.05) is 29.3 Å². The molecule has 0 aliphatic carbocycles. The van der Waals surface area contributed by atoms with Gasteiger partial charge in [-0.3, -0.25) is 9.69 Å². The molecule has 1 amide bonds. The molecule has 2 aromatic rings. The van der Waals surface area contributed by atoms with Crippen molar-refractivity contribution in [1.29, 1.82) is 0 Å². The van der Waals surface area contributed by atoms with E-state index in [0.717, 1.165) is 11.3 Å². The topological polar surface area (TPSA) is 41.9 Å². The number of hydrogen-bond donors (Lipinski definition) is 0. The first kappa shape index (κ1) is 20.5. The van der Waals surface area contributed by atoms with Crippen molar-refractivity contribution in [2.24, 2.45) is 4.99 Å². The molecule has 1 aliphatic rings. The van der Waals surface area contributed by atoms with Gasteiger partial charge in [0, 0.05) is 16.6 Å². The summed E-state index contributed by atoms with van der Waals surface area (Å²) >= 11 is 7.53. The minimum atomic E-state index is -0.0618. The third-order valence-electron chi connectivity index (χ3n) is 4.17. The van der Waals surface area contributed by atoms with E-state index in [1.54, 1.807) is 11.0 Å². The van der Waals surface area contributed by atoms with Crippen LogP contribution >= 0.6 is 23.4 Å². The molecule has 0 radical (unpaired) electrons. The molecule has 3 rings (SSSR count). The molecule has 6 heteroatoms. The molecule has 0 aromatic heterocycles. The zero-order chi connectivity index (χ0) is 20.3. The Labute approximate surface area is 175 Å². The molecule has 1 aliphatic heterocycles. The summed E-state index contributed by atoms with van der Waals surface area (Å²) in [6, 6.07) is 13.3. The highest BCUT2D eigenvalue weighted by molar-refractivity contribution is 8.18. The van der Waals surface area contributed by atoms with Crippen LogP contribution in [0.4, 0.5) is 5.69 Å². The molecule has 0 saturated carbocycles. The summed E-state index contributed by atoms with van der Waals surface area (Å²) in [5.41, 5.74) is 2.78. The zero-order valence-corrected chi connectivity index (χ0v) is 18.0. The van der Waals surface area contributed by atoms with E-state index in [9.17, 15) is 4.79 Å². The van der Waals surface area contributed by atoms with Crippen molar-refractivity contribution in [3.05, 3.63) is 63.5 Å². The van der Waals surface area contributed by atoms with Crippen molar-refractivity contribution in [1.82, 2.24) is 4.90 Å². The first-order chi connectivity index (χ1) is 13.4. The van der Waals surface area contributed by atoms with Gasteiger partial charge in [-0.2, -0.15) is 0 Å². The smallest absolute Gasteiger partial charge is 0.266 e. The lowest BCUT2D eigenvalue weighted by Crippen LogP contribution is -2.35. The van der Waals surface area contributed by atoms with Crippen molar-refractivity contribution in [2.75, 3.05) is 6.61 Å². The van der Waals surface area contributed by atoms with Crippen molar-refractivity contribution >= 4 is 46.2 Å². The second-order valence-electron chi connectivity index (χ2n) is 6.72. The van der Waals surface area contributed by atoms with E-state index in [1.807, 2.05) is 70.2 Å². The number of hydrogen-bond acceptors (Lipinski definition) is 4. The zero-order valence-electron chi connectivity index (χ0n) is 16.4. The summed E-state index contributed by atoms with van der Waals surface area (Å²) in [5, 5.41) is 1.27. The predicted molar refractivity (Wildman–Crippen MR) is 118 cm³/mol. The quantitative estimate of drug-likeness (QED) is 0.558. The van der Waals surface area contributed by atoms with Crippen LogP contribution < -0.4 is 4.74 Å². The van der Waals surface area contributed by atoms with Gasteiger partial charge in [0.1, 0.15) is 5.75 Å². The molecule has 0 N–H and O–H groups in total. The number of rotatable bonds is 5. The normalized spacial score (nSPS) is 17.2. The van der Waals surface area contributed by atoms with Gasteiger partial charge in [0.15, 0.2) is 5.17 Å². The van der Waals surface area contributed by atoms with Gasteiger partial charge in [-0.15, -0.1) is 0 Å². The Bertz CT molecular complexity index is 936. The molecule has 4 nitrogen and oxygen atoms in total. The molecule has 1 fully saturated rings. The summed E-state index contributed by atoms with van der Waals surface area (Å²) in [7, 11) is 0. The largest absolute Gasteiger partial charge is 0.493 e. The van der Waals surface area contributed by atoms with E-state index in [4.69, 9.17) is 21.3 Å². The number of carbonyl (C=O) groups is 1. The number of nitrogens with zero attached hydrogens (tertiary/aromatic N) is 2. The fraction of sp³-hybridized carbons (Fsp3) is 0.273. The molecular formula is C22H23ClN2O2S. The molecule has 0 atom stereocenters. The summed E-state index contributed by atoms with van der Waals surface area (Å²) in [5.74, 6) is 0.640. The van der Waals surface area contributed by atoms with Crippen LogP contribution in [0, 0.1) is 6.92 Å². The van der Waals surface area contributed by atoms with E-state index in [0.29, 0.717) is 27.5 Å². The highest BCUT2D eigenvalue weighted by Crippen LogP contribution is 2.37. The summed E-state index contributed by atoms with van der Waals surface area (Å²) < 4.78 is 5.68. The Hall–Kier alpha value is -2.24. The lowest BCUT2D eigenvalue weighted by atomic mass is 10.1. The standard InChI is InChI=1S/C22H23ClN2O2S/c1-5-27-19-11-8-17(23)12-16(19)13-20-21(26)25(14(2)3)22(28-20)24-18-9-6-15(4)7-10-18/h6-14H,5H2,1-4H3/b20-13+,24-22?. The number of ether oxygens (including phenoxy) is 1. The number of carbonyl (C=O) groups excluding carboxylic acids is 1. The van der Waals surface area contributed by atoms with E-state index < -0.39 is 0 Å². The van der Waals surface area contributed by atoms with Crippen molar-refractivity contribution in [3.8, 4) is 5.75 Å². The lowest BCUT2D eigenvalue weighted by Gasteiger charge is -2.19. The van der Waals surface area contributed by atoms with Crippen molar-refractivity contribution in [3.63, 3.8) is 0 Å². The van der Waals surface area contributed by atoms with Gasteiger partial charge in [-0.05, 0) is 75.9 Å². The number of amides is 1. The molecule has 146 valence electrons. The summed E-state index contributed by atoms with van der Waals surface area (Å²) in [6.45, 7) is 8.46. The Morgan fingerprint density at radius 2 is 1.93 bits per heavy atom. The molecule has 1 heterocycles. The molecular weight excluding hydrogens is 392 g/mol. The van der Waals surface area contributed by atoms with Crippen LogP contribution in [-0.2, 0) is 4.79 Å². The maximum Gasteiger partial charge on any atom is 0.266 e. The fourth-order valence-electron chi connectivity index (χ4n) is 2.81. The second-order valence-corrected chi connectivity index (χ2v) is 8.17. The van der Waals surface area contributed by atoms with Gasteiger partial charge in [0.25, 0.3) is 5.91 Å². The van der Waals surface area contributed by atoms with E-state index in [2.05, 4.69) is 0 Å². The molecule has 0 unspecified atom stereocenters. The highest BCUT2D eigenvalue weighted by Gasteiger charge is 2.35. The minimum Gasteiger partial charge on any atom is -0.493 e. The van der Waals surface area contributed by atoms with Crippen molar-refractivity contribution in [2.45, 2.75) is 33.7 Å². The predicted octanol–water partition coefficient (Wildman–Crippen LogP) is 6.06. The third kappa shape index (κ3) is 4.59. The Kier molecular flexibility index (Phi) is 6.47. The number of amidine groups is 1. The van der Waals surface area contributed by atoms with Gasteiger partial charge < -0.3 is 4.74 Å². The van der Waals surface area contributed by atoms with E-state index >= 15 is 0 Å². The molecule has 28 heavy (non-hydrogen) atoms. The van der Waals surface area contributed by atoms with Crippen LogP contribution in [0.25, 0.3) is 6.08 Å². The van der Waals surface area contributed by atoms with Gasteiger partial charge in [0.05, 0.1) is 17.2 Å². The SMILES string of the molecule is CCOc1ccc(Cl)cc1/C=C1/SC(=Nc2ccc(C)cc2)N(C(C)C)C1=O. The average Bonchev–Trinajstić information content (AvgIpc) is 2.95. The number of benzene rings is 2. The Morgan fingerprint density at radius 1 is 1.21 bits per heavy atom. The average molecular weight is 415 g/mol. The third-order valence-corrected chi connectivity index (χ3v) is 5.39. The van der Waals surface area contributed by atoms with Crippen LogP contribution in [0.5, 0.6) is 5.75 Å². The molecule has 2 aromatic carbocycles. The van der Waals surface area contributed by atoms with Crippen LogP contribution in [0.15, 0.2) is 52.4 Å². The van der Waals surface area contributed by atoms with Crippen LogP contribution in [0.2, 0.25) is 5.02 Å². The lowest BCUT2D eigenvalue weighted by molar-refractivity contribution is -0.123. The van der Waals surface area contributed by atoms with Crippen LogP contribution in [0.1, 0.15) is 31.9 Å². The first-order valence-electron chi connectivity index (χ1n) is 9.20. The van der Waals surface area contributed by atoms with E-state index in [-0.39, 0.29) is 11.9 Å². The minimum absolute atomic E-state index is 0.000761. The van der Waals surface area contributed by atoms with Gasteiger partial charge >= 0.3 is 0 Å². The highest BCUT2D eigenvalue weighted by atomic mass is 35.5. The summed E-state index contributed by atoms with van der Waals surface area (Å²) in [6.07, 6.45) is 1.83. The van der Waals surface area contributed by atoms with Crippen molar-refractivity contribution < 1.29 is 9.53 Å². The monoisotopic (exact) mass is 414 g/mol. The van der Waals surface area contributed by atoms with Gasteiger partial charge in [0.2, 0.25) is 0 Å². The number of thioether (sulfide) groups is 1. The molecule has 1 saturated heterocycles. The molecule has 0 spiro atoms. The first-order valence-corrected chi connectivity index (χ1v) is 10.4. The maximum absolute atomic E-state index is 13.0. The van der Waals surface area contributed by atoms with Crippen LogP contribution in [-0.4, -0.2) is 28.6 Å². The van der Waals surface area contributed by atoms with Gasteiger partial charge in [-0.25, -0.2) is 4.99 Å². The fourth-order valence-corrected chi connectivity index (χ4v) is 4.10. The second kappa shape index (κ2) is 8.84. The van der Waals surface area contributed by atoms with Crippen LogP contribution in [0.3, 0.4) is 0 Å². The number of aryl methyl sites for hydroxylation is 1. The Balaban J connectivity index is 2.00. The number of aliphatic imine (C=N–C) groups is 1. The molecule has 0 bridgehead atoms. The number of halogens is 1. The van der Waals surface area contributed by atoms with E-state index in [1.165, 1.54) is 17.3 Å². The Morgan fingerprint density at radius 3 is 2.57 bits per heavy atom. The summed E-state index contributed by atoms with van der Waals surface area (Å²) in [4.78, 5) is 20.1.